The maximum atomic E-state index is 12.1. The highest BCUT2D eigenvalue weighted by Gasteiger charge is 2.16. The third-order valence-electron chi connectivity index (χ3n) is 3.58. The Balaban J connectivity index is 2.04. The van der Waals surface area contributed by atoms with Crippen LogP contribution in [0.3, 0.4) is 0 Å². The van der Waals surface area contributed by atoms with Crippen molar-refractivity contribution >= 4 is 23.7 Å². The summed E-state index contributed by atoms with van der Waals surface area (Å²) in [5, 5.41) is 19.3. The number of allylic oxidation sites excluding steroid dienone is 2. The topological polar surface area (TPSA) is 74.6 Å². The van der Waals surface area contributed by atoms with Crippen molar-refractivity contribution in [2.24, 2.45) is 5.92 Å². The lowest BCUT2D eigenvalue weighted by atomic mass is 9.99. The fraction of sp³-hybridized carbons (Fsp3) is 0.100. The van der Waals surface area contributed by atoms with Crippen LogP contribution in [0.15, 0.2) is 60.7 Å². The number of hydrogen-bond donors (Lipinski definition) is 2. The van der Waals surface area contributed by atoms with Gasteiger partial charge in [0.25, 0.3) is 0 Å². The van der Waals surface area contributed by atoms with Crippen LogP contribution in [0.4, 0.5) is 0 Å². The first-order chi connectivity index (χ1) is 11.5. The molecule has 0 bridgehead atoms. The van der Waals surface area contributed by atoms with E-state index in [0.29, 0.717) is 11.1 Å². The van der Waals surface area contributed by atoms with Crippen LogP contribution in [-0.4, -0.2) is 21.8 Å². The van der Waals surface area contributed by atoms with E-state index in [1.165, 1.54) is 43.4 Å². The highest BCUT2D eigenvalue weighted by atomic mass is 16.3. The molecule has 0 amide bonds. The van der Waals surface area contributed by atoms with E-state index in [1.807, 2.05) is 0 Å². The van der Waals surface area contributed by atoms with E-state index in [0.717, 1.165) is 0 Å². The summed E-state index contributed by atoms with van der Waals surface area (Å²) in [6.45, 7) is 1.52. The van der Waals surface area contributed by atoms with Crippen molar-refractivity contribution < 1.29 is 19.8 Å². The molecule has 2 rings (SSSR count). The van der Waals surface area contributed by atoms with Crippen molar-refractivity contribution in [2.45, 2.75) is 6.92 Å². The van der Waals surface area contributed by atoms with Gasteiger partial charge in [0.1, 0.15) is 11.5 Å². The van der Waals surface area contributed by atoms with Gasteiger partial charge in [-0.05, 0) is 43.4 Å². The zero-order valence-corrected chi connectivity index (χ0v) is 13.2. The standard InChI is InChI=1S/C20H18O4/c1-14(17(21)12-10-15-6-2-4-8-19(15)23)18(22)13-11-16-7-3-5-9-20(16)24/h2-14,23-24H,1H3/b12-10+,13-11+. The Hall–Kier alpha value is -3.14. The van der Waals surface area contributed by atoms with E-state index >= 15 is 0 Å². The van der Waals surface area contributed by atoms with Gasteiger partial charge in [-0.15, -0.1) is 0 Å². The highest BCUT2D eigenvalue weighted by Crippen LogP contribution is 2.19. The molecule has 0 saturated carbocycles. The number of para-hydroxylation sites is 2. The molecule has 0 aromatic heterocycles. The third kappa shape index (κ3) is 4.43. The molecule has 24 heavy (non-hydrogen) atoms. The van der Waals surface area contributed by atoms with Crippen molar-refractivity contribution in [2.75, 3.05) is 0 Å². The van der Waals surface area contributed by atoms with Gasteiger partial charge in [-0.25, -0.2) is 0 Å². The Bertz CT molecular complexity index is 735. The number of phenolic OH excluding ortho intramolecular Hbond substituents is 2. The minimum atomic E-state index is -0.839. The van der Waals surface area contributed by atoms with E-state index < -0.39 is 5.92 Å². The summed E-state index contributed by atoms with van der Waals surface area (Å²) in [5.41, 5.74) is 1.02. The molecule has 0 spiro atoms. The average molecular weight is 322 g/mol. The molecule has 0 fully saturated rings. The van der Waals surface area contributed by atoms with Crippen molar-refractivity contribution in [1.82, 2.24) is 0 Å². The summed E-state index contributed by atoms with van der Waals surface area (Å²) in [6.07, 6.45) is 5.53. The molecule has 0 radical (unpaired) electrons. The quantitative estimate of drug-likeness (QED) is 0.629. The zero-order chi connectivity index (χ0) is 17.5. The van der Waals surface area contributed by atoms with Crippen LogP contribution in [-0.2, 0) is 9.59 Å². The second-order valence-electron chi connectivity index (χ2n) is 5.31. The number of carbonyl (C=O) groups excluding carboxylic acids is 2. The first-order valence-electron chi connectivity index (χ1n) is 7.49. The molecule has 4 heteroatoms. The molecule has 2 aromatic carbocycles. The SMILES string of the molecule is CC(C(=O)/C=C/c1ccccc1O)C(=O)/C=C/c1ccccc1O. The third-order valence-corrected chi connectivity index (χ3v) is 3.58. The van der Waals surface area contributed by atoms with Crippen LogP contribution in [0.2, 0.25) is 0 Å². The molecule has 0 atom stereocenters. The van der Waals surface area contributed by atoms with Gasteiger partial charge in [-0.2, -0.15) is 0 Å². The van der Waals surface area contributed by atoms with Gasteiger partial charge in [-0.1, -0.05) is 36.4 Å². The van der Waals surface area contributed by atoms with Gasteiger partial charge in [0.2, 0.25) is 0 Å². The minimum Gasteiger partial charge on any atom is -0.507 e. The first kappa shape index (κ1) is 17.2. The number of carbonyl (C=O) groups is 2. The summed E-state index contributed by atoms with van der Waals surface area (Å²) in [7, 11) is 0. The van der Waals surface area contributed by atoms with Crippen LogP contribution < -0.4 is 0 Å². The fourth-order valence-electron chi connectivity index (χ4n) is 2.03. The van der Waals surface area contributed by atoms with Gasteiger partial charge < -0.3 is 10.2 Å². The molecule has 2 N–H and O–H groups in total. The average Bonchev–Trinajstić information content (AvgIpc) is 2.59. The van der Waals surface area contributed by atoms with E-state index in [-0.39, 0.29) is 23.1 Å². The van der Waals surface area contributed by atoms with Crippen LogP contribution in [0.25, 0.3) is 12.2 Å². The van der Waals surface area contributed by atoms with Gasteiger partial charge >= 0.3 is 0 Å². The van der Waals surface area contributed by atoms with Gasteiger partial charge in [0, 0.05) is 11.1 Å². The lowest BCUT2D eigenvalue weighted by Crippen LogP contribution is -2.17. The fourth-order valence-corrected chi connectivity index (χ4v) is 2.03. The largest absolute Gasteiger partial charge is 0.507 e. The van der Waals surface area contributed by atoms with E-state index in [4.69, 9.17) is 0 Å². The number of phenols is 2. The molecule has 0 aliphatic carbocycles. The second kappa shape index (κ2) is 7.92. The second-order valence-corrected chi connectivity index (χ2v) is 5.31. The summed E-state index contributed by atoms with van der Waals surface area (Å²) in [4.78, 5) is 24.1. The van der Waals surface area contributed by atoms with E-state index in [1.54, 1.807) is 36.4 Å². The number of rotatable bonds is 6. The lowest BCUT2D eigenvalue weighted by Gasteiger charge is -2.03. The predicted molar refractivity (Wildman–Crippen MR) is 93.5 cm³/mol. The Morgan fingerprint density at radius 2 is 1.17 bits per heavy atom. The van der Waals surface area contributed by atoms with Crippen molar-refractivity contribution in [3.8, 4) is 11.5 Å². The maximum absolute atomic E-state index is 12.1. The van der Waals surface area contributed by atoms with Gasteiger partial charge in [0.05, 0.1) is 5.92 Å². The summed E-state index contributed by atoms with van der Waals surface area (Å²) >= 11 is 0. The predicted octanol–water partition coefficient (Wildman–Crippen LogP) is 3.60. The Morgan fingerprint density at radius 3 is 1.54 bits per heavy atom. The number of ketones is 2. The number of hydrogen-bond acceptors (Lipinski definition) is 4. The molecule has 0 aliphatic heterocycles. The number of aromatic hydroxyl groups is 2. The molecule has 2 aromatic rings. The Labute approximate surface area is 140 Å². The summed E-state index contributed by atoms with van der Waals surface area (Å²) < 4.78 is 0. The van der Waals surface area contributed by atoms with E-state index in [2.05, 4.69) is 0 Å². The van der Waals surface area contributed by atoms with Crippen LogP contribution in [0.5, 0.6) is 11.5 Å². The molecular formula is C20H18O4. The smallest absolute Gasteiger partial charge is 0.166 e. The first-order valence-corrected chi connectivity index (χ1v) is 7.49. The molecule has 0 aliphatic rings. The number of benzene rings is 2. The molecular weight excluding hydrogens is 304 g/mol. The van der Waals surface area contributed by atoms with Crippen LogP contribution >= 0.6 is 0 Å². The minimum absolute atomic E-state index is 0.0694. The van der Waals surface area contributed by atoms with Crippen molar-refractivity contribution in [1.29, 1.82) is 0 Å². The van der Waals surface area contributed by atoms with Gasteiger partial charge in [0.15, 0.2) is 11.6 Å². The monoisotopic (exact) mass is 322 g/mol. The van der Waals surface area contributed by atoms with E-state index in [9.17, 15) is 19.8 Å². The summed E-state index contributed by atoms with van der Waals surface area (Å²) in [6, 6.07) is 13.2. The molecule has 4 nitrogen and oxygen atoms in total. The molecule has 0 heterocycles. The Morgan fingerprint density at radius 1 is 0.792 bits per heavy atom. The normalized spacial score (nSPS) is 11.4. The van der Waals surface area contributed by atoms with Crippen LogP contribution in [0.1, 0.15) is 18.1 Å². The maximum Gasteiger partial charge on any atom is 0.166 e. The molecule has 0 saturated heterocycles. The highest BCUT2D eigenvalue weighted by molar-refractivity contribution is 6.13. The zero-order valence-electron chi connectivity index (χ0n) is 13.2. The molecule has 122 valence electrons. The lowest BCUT2D eigenvalue weighted by molar-refractivity contribution is -0.126. The Kier molecular flexibility index (Phi) is 5.68. The van der Waals surface area contributed by atoms with Crippen molar-refractivity contribution in [3.05, 3.63) is 71.8 Å². The van der Waals surface area contributed by atoms with Crippen molar-refractivity contribution in [3.63, 3.8) is 0 Å². The van der Waals surface area contributed by atoms with Gasteiger partial charge in [-0.3, -0.25) is 9.59 Å². The molecule has 0 unspecified atom stereocenters. The summed E-state index contributed by atoms with van der Waals surface area (Å²) in [5.74, 6) is -1.41. The van der Waals surface area contributed by atoms with Crippen LogP contribution in [0, 0.1) is 5.92 Å².